The minimum Gasteiger partial charge on any atom is -0.274 e. The van der Waals surface area contributed by atoms with E-state index in [1.165, 1.54) is 19.1 Å². The van der Waals surface area contributed by atoms with Gasteiger partial charge < -0.3 is 0 Å². The lowest BCUT2D eigenvalue weighted by Crippen LogP contribution is -2.15. The van der Waals surface area contributed by atoms with Crippen LogP contribution in [0.15, 0.2) is 23.3 Å². The lowest BCUT2D eigenvalue weighted by atomic mass is 10.1. The highest BCUT2D eigenvalue weighted by atomic mass is 35.5. The number of hydrogen-bond donors (Lipinski definition) is 1. The lowest BCUT2D eigenvalue weighted by molar-refractivity contribution is -0.384. The fourth-order valence-electron chi connectivity index (χ4n) is 1.10. The number of nitro groups is 1. The number of amides is 1. The van der Waals surface area contributed by atoms with Gasteiger partial charge in [-0.15, -0.1) is 0 Å². The molecule has 0 aliphatic carbocycles. The quantitative estimate of drug-likeness (QED) is 0.510. The molecule has 1 rings (SSSR count). The summed E-state index contributed by atoms with van der Waals surface area (Å²) in [6.45, 7) is 2.95. The number of benzene rings is 1. The standard InChI is InChI=1S/C10H10ClN3O3/c1-6(12-13-7(2)15)8-3-4-9(11)10(5-8)14(16)17/h3-5H,1-2H3,(H,13,15)/b12-6+. The van der Waals surface area contributed by atoms with Crippen molar-refractivity contribution in [3.63, 3.8) is 0 Å². The van der Waals surface area contributed by atoms with Crippen molar-refractivity contribution >= 4 is 28.9 Å². The van der Waals surface area contributed by atoms with E-state index in [0.29, 0.717) is 11.3 Å². The van der Waals surface area contributed by atoms with Gasteiger partial charge in [-0.2, -0.15) is 5.10 Å². The van der Waals surface area contributed by atoms with Crippen molar-refractivity contribution in [3.8, 4) is 0 Å². The van der Waals surface area contributed by atoms with Crippen LogP contribution in [0.4, 0.5) is 5.69 Å². The zero-order chi connectivity index (χ0) is 13.0. The van der Waals surface area contributed by atoms with E-state index in [-0.39, 0.29) is 16.6 Å². The first kappa shape index (κ1) is 13.1. The first-order valence-corrected chi connectivity index (χ1v) is 5.05. The first-order chi connectivity index (χ1) is 7.91. The van der Waals surface area contributed by atoms with Gasteiger partial charge >= 0.3 is 0 Å². The molecule has 0 bridgehead atoms. The number of hydrazone groups is 1. The van der Waals surface area contributed by atoms with E-state index >= 15 is 0 Å². The van der Waals surface area contributed by atoms with Crippen LogP contribution in [0.1, 0.15) is 19.4 Å². The van der Waals surface area contributed by atoms with Crippen molar-refractivity contribution in [3.05, 3.63) is 38.9 Å². The molecule has 0 saturated heterocycles. The minimum absolute atomic E-state index is 0.0612. The molecule has 0 aliphatic heterocycles. The third-order valence-electron chi connectivity index (χ3n) is 1.94. The van der Waals surface area contributed by atoms with Crippen LogP contribution < -0.4 is 5.43 Å². The number of halogens is 1. The van der Waals surface area contributed by atoms with Crippen LogP contribution in [-0.4, -0.2) is 16.5 Å². The minimum atomic E-state index is -0.572. The summed E-state index contributed by atoms with van der Waals surface area (Å²) < 4.78 is 0. The van der Waals surface area contributed by atoms with E-state index < -0.39 is 4.92 Å². The molecule has 0 unspecified atom stereocenters. The van der Waals surface area contributed by atoms with Gasteiger partial charge in [0, 0.05) is 18.6 Å². The molecule has 0 heterocycles. The highest BCUT2D eigenvalue weighted by Crippen LogP contribution is 2.25. The van der Waals surface area contributed by atoms with Crippen LogP contribution in [0.2, 0.25) is 5.02 Å². The Hall–Kier alpha value is -1.95. The Labute approximate surface area is 102 Å². The Kier molecular flexibility index (Phi) is 4.17. The number of nitro benzene ring substituents is 1. The van der Waals surface area contributed by atoms with Crippen molar-refractivity contribution in [1.82, 2.24) is 5.43 Å². The molecule has 0 fully saturated rings. The monoisotopic (exact) mass is 255 g/mol. The van der Waals surface area contributed by atoms with Crippen molar-refractivity contribution in [2.75, 3.05) is 0 Å². The number of carbonyl (C=O) groups is 1. The predicted molar refractivity (Wildman–Crippen MR) is 64.1 cm³/mol. The van der Waals surface area contributed by atoms with Crippen LogP contribution in [0.25, 0.3) is 0 Å². The molecule has 0 atom stereocenters. The smallest absolute Gasteiger partial charge is 0.274 e. The Balaban J connectivity index is 3.07. The van der Waals surface area contributed by atoms with Gasteiger partial charge in [0.2, 0.25) is 5.91 Å². The summed E-state index contributed by atoms with van der Waals surface area (Å²) in [4.78, 5) is 20.8. The summed E-state index contributed by atoms with van der Waals surface area (Å²) in [5, 5.41) is 14.5. The maximum atomic E-state index is 10.7. The van der Waals surface area contributed by atoms with E-state index in [4.69, 9.17) is 11.6 Å². The van der Waals surface area contributed by atoms with Gasteiger partial charge in [0.1, 0.15) is 5.02 Å². The third kappa shape index (κ3) is 3.53. The molecule has 1 aromatic rings. The van der Waals surface area contributed by atoms with Gasteiger partial charge in [0.05, 0.1) is 10.6 Å². The van der Waals surface area contributed by atoms with Crippen molar-refractivity contribution < 1.29 is 9.72 Å². The number of nitrogens with zero attached hydrogens (tertiary/aromatic N) is 2. The molecule has 17 heavy (non-hydrogen) atoms. The Morgan fingerprint density at radius 3 is 2.65 bits per heavy atom. The molecule has 0 aromatic heterocycles. The van der Waals surface area contributed by atoms with Crippen LogP contribution in [0.3, 0.4) is 0 Å². The van der Waals surface area contributed by atoms with Crippen LogP contribution >= 0.6 is 11.6 Å². The second-order valence-electron chi connectivity index (χ2n) is 3.29. The Morgan fingerprint density at radius 2 is 2.12 bits per heavy atom. The van der Waals surface area contributed by atoms with E-state index in [0.717, 1.165) is 0 Å². The average molecular weight is 256 g/mol. The van der Waals surface area contributed by atoms with Gasteiger partial charge in [0.25, 0.3) is 5.69 Å². The molecule has 0 radical (unpaired) electrons. The number of hydrogen-bond acceptors (Lipinski definition) is 4. The maximum Gasteiger partial charge on any atom is 0.288 e. The third-order valence-corrected chi connectivity index (χ3v) is 2.26. The van der Waals surface area contributed by atoms with E-state index in [1.807, 2.05) is 0 Å². The predicted octanol–water partition coefficient (Wildman–Crippen LogP) is 2.11. The summed E-state index contributed by atoms with van der Waals surface area (Å²) in [5.74, 6) is -0.312. The van der Waals surface area contributed by atoms with Crippen molar-refractivity contribution in [1.29, 1.82) is 0 Å². The van der Waals surface area contributed by atoms with Crippen molar-refractivity contribution in [2.45, 2.75) is 13.8 Å². The second kappa shape index (κ2) is 5.40. The molecule has 7 heteroatoms. The van der Waals surface area contributed by atoms with Gasteiger partial charge in [-0.3, -0.25) is 14.9 Å². The SMILES string of the molecule is CC(=O)N/N=C(\C)c1ccc(Cl)c([N+](=O)[O-])c1. The summed E-state index contributed by atoms with van der Waals surface area (Å²) in [6.07, 6.45) is 0. The van der Waals surface area contributed by atoms with Crippen LogP contribution in [0.5, 0.6) is 0 Å². The van der Waals surface area contributed by atoms with E-state index in [2.05, 4.69) is 10.5 Å². The molecule has 90 valence electrons. The van der Waals surface area contributed by atoms with Gasteiger partial charge in [-0.05, 0) is 13.0 Å². The highest BCUT2D eigenvalue weighted by molar-refractivity contribution is 6.32. The van der Waals surface area contributed by atoms with Crippen molar-refractivity contribution in [2.24, 2.45) is 5.10 Å². The normalized spacial score (nSPS) is 11.1. The van der Waals surface area contributed by atoms with Gasteiger partial charge in [-0.25, -0.2) is 5.43 Å². The summed E-state index contributed by atoms with van der Waals surface area (Å²) in [6, 6.07) is 4.32. The fraction of sp³-hybridized carbons (Fsp3) is 0.200. The molecule has 1 aromatic carbocycles. The van der Waals surface area contributed by atoms with Gasteiger partial charge in [-0.1, -0.05) is 17.7 Å². The summed E-state index contributed by atoms with van der Waals surface area (Å²) >= 11 is 5.67. The highest BCUT2D eigenvalue weighted by Gasteiger charge is 2.13. The molecule has 0 aliphatic rings. The zero-order valence-corrected chi connectivity index (χ0v) is 9.99. The fourth-order valence-corrected chi connectivity index (χ4v) is 1.29. The average Bonchev–Trinajstić information content (AvgIpc) is 2.26. The van der Waals surface area contributed by atoms with Crippen LogP contribution in [0, 0.1) is 10.1 Å². The molecule has 0 saturated carbocycles. The Morgan fingerprint density at radius 1 is 1.47 bits per heavy atom. The topological polar surface area (TPSA) is 84.6 Å². The molecular formula is C10H10ClN3O3. The lowest BCUT2D eigenvalue weighted by Gasteiger charge is -2.02. The zero-order valence-electron chi connectivity index (χ0n) is 9.23. The molecular weight excluding hydrogens is 246 g/mol. The van der Waals surface area contributed by atoms with E-state index in [1.54, 1.807) is 13.0 Å². The first-order valence-electron chi connectivity index (χ1n) is 4.67. The Bertz CT molecular complexity index is 500. The van der Waals surface area contributed by atoms with Crippen LogP contribution in [-0.2, 0) is 4.79 Å². The largest absolute Gasteiger partial charge is 0.288 e. The molecule has 1 amide bonds. The van der Waals surface area contributed by atoms with E-state index in [9.17, 15) is 14.9 Å². The summed E-state index contributed by atoms with van der Waals surface area (Å²) in [7, 11) is 0. The number of carbonyl (C=O) groups excluding carboxylic acids is 1. The molecule has 6 nitrogen and oxygen atoms in total. The number of nitrogens with one attached hydrogen (secondary N) is 1. The molecule has 0 spiro atoms. The molecule has 1 N–H and O–H groups in total. The number of rotatable bonds is 3. The van der Waals surface area contributed by atoms with Gasteiger partial charge in [0.15, 0.2) is 0 Å². The summed E-state index contributed by atoms with van der Waals surface area (Å²) in [5.41, 5.74) is 3.04. The second-order valence-corrected chi connectivity index (χ2v) is 3.70. The maximum absolute atomic E-state index is 10.7.